The van der Waals surface area contributed by atoms with E-state index in [4.69, 9.17) is 4.74 Å². The molecule has 0 aromatic heterocycles. The molecular weight excluding hydrogens is 260 g/mol. The van der Waals surface area contributed by atoms with Crippen LogP contribution in [0.25, 0.3) is 0 Å². The van der Waals surface area contributed by atoms with Gasteiger partial charge in [0.05, 0.1) is 12.0 Å². The maximum Gasteiger partial charge on any atom is 0.311 e. The second-order valence-corrected chi connectivity index (χ2v) is 4.95. The van der Waals surface area contributed by atoms with Crippen LogP contribution >= 0.6 is 0 Å². The van der Waals surface area contributed by atoms with Crippen LogP contribution in [0.1, 0.15) is 24.8 Å². The summed E-state index contributed by atoms with van der Waals surface area (Å²) < 4.78 is 4.97. The Hall–Kier alpha value is -2.11. The molecule has 1 atom stereocenters. The maximum atomic E-state index is 11.9. The summed E-state index contributed by atoms with van der Waals surface area (Å²) in [4.78, 5) is 22.4. The fourth-order valence-corrected chi connectivity index (χ4v) is 2.49. The van der Waals surface area contributed by atoms with Crippen molar-refractivity contribution in [3.8, 4) is 5.75 Å². The molecule has 0 spiro atoms. The number of nitro groups is 1. The first kappa shape index (κ1) is 14.3. The van der Waals surface area contributed by atoms with Crippen molar-refractivity contribution in [3.63, 3.8) is 0 Å². The van der Waals surface area contributed by atoms with Gasteiger partial charge in [0.15, 0.2) is 5.75 Å². The predicted molar refractivity (Wildman–Crippen MR) is 73.7 cm³/mol. The highest BCUT2D eigenvalue weighted by Gasteiger charge is 2.22. The van der Waals surface area contributed by atoms with Crippen LogP contribution < -0.4 is 10.1 Å². The Morgan fingerprint density at radius 2 is 2.25 bits per heavy atom. The molecule has 0 saturated carbocycles. The molecule has 1 heterocycles. The summed E-state index contributed by atoms with van der Waals surface area (Å²) in [5.74, 6) is 0.176. The largest absolute Gasteiger partial charge is 0.490 e. The van der Waals surface area contributed by atoms with Gasteiger partial charge in [0, 0.05) is 18.5 Å². The number of benzene rings is 1. The Morgan fingerprint density at radius 3 is 2.95 bits per heavy atom. The molecule has 0 radical (unpaired) electrons. The van der Waals surface area contributed by atoms with Crippen LogP contribution in [0.15, 0.2) is 18.2 Å². The predicted octanol–water partition coefficient (Wildman–Crippen LogP) is 2.06. The number of hydrogen-bond donors (Lipinski definition) is 1. The molecule has 6 nitrogen and oxygen atoms in total. The van der Waals surface area contributed by atoms with Gasteiger partial charge < -0.3 is 10.1 Å². The summed E-state index contributed by atoms with van der Waals surface area (Å²) in [5.41, 5.74) is 0.735. The summed E-state index contributed by atoms with van der Waals surface area (Å²) in [6.07, 6.45) is 3.34. The number of nitrogens with one attached hydrogen (secondary N) is 1. The molecule has 108 valence electrons. The lowest BCUT2D eigenvalue weighted by molar-refractivity contribution is -0.385. The zero-order valence-electron chi connectivity index (χ0n) is 11.4. The molecule has 6 heteroatoms. The zero-order chi connectivity index (χ0) is 14.5. The van der Waals surface area contributed by atoms with Crippen molar-refractivity contribution in [2.24, 2.45) is 5.92 Å². The fourth-order valence-electron chi connectivity index (χ4n) is 2.49. The van der Waals surface area contributed by atoms with Crippen molar-refractivity contribution in [3.05, 3.63) is 33.9 Å². The zero-order valence-corrected chi connectivity index (χ0v) is 11.4. The highest BCUT2D eigenvalue weighted by atomic mass is 16.6. The molecule has 1 aliphatic rings. The molecule has 2 rings (SSSR count). The summed E-state index contributed by atoms with van der Waals surface area (Å²) in [7, 11) is 1.40. The number of ether oxygens (including phenoxy) is 1. The van der Waals surface area contributed by atoms with Gasteiger partial charge in [0.25, 0.3) is 0 Å². The molecule has 1 aromatic carbocycles. The van der Waals surface area contributed by atoms with E-state index in [0.717, 1.165) is 31.4 Å². The molecule has 1 aromatic rings. The number of carbonyl (C=O) groups is 1. The van der Waals surface area contributed by atoms with Crippen molar-refractivity contribution >= 4 is 11.6 Å². The quantitative estimate of drug-likeness (QED) is 0.675. The van der Waals surface area contributed by atoms with Crippen molar-refractivity contribution in [1.82, 2.24) is 5.32 Å². The number of amides is 1. The van der Waals surface area contributed by atoms with Gasteiger partial charge in [-0.05, 0) is 30.9 Å². The first-order chi connectivity index (χ1) is 9.61. The average molecular weight is 278 g/mol. The molecule has 1 saturated heterocycles. The Bertz CT molecular complexity index is 516. The topological polar surface area (TPSA) is 81.5 Å². The number of nitro benzene ring substituents is 1. The first-order valence-corrected chi connectivity index (χ1v) is 6.71. The summed E-state index contributed by atoms with van der Waals surface area (Å²) >= 11 is 0. The molecule has 0 bridgehead atoms. The smallest absolute Gasteiger partial charge is 0.311 e. The second kappa shape index (κ2) is 6.36. The lowest BCUT2D eigenvalue weighted by Crippen LogP contribution is -2.30. The standard InChI is InChI=1S/C14H18N2O4/c1-20-13-6-5-10(9-12(13)16(18)19)8-11-4-2-3-7-15-14(11)17/h5-6,9,11H,2-4,7-8H2,1H3,(H,15,17). The summed E-state index contributed by atoms with van der Waals surface area (Å²) in [6.45, 7) is 0.720. The van der Waals surface area contributed by atoms with Gasteiger partial charge in [0.1, 0.15) is 0 Å². The van der Waals surface area contributed by atoms with Crippen LogP contribution in [-0.2, 0) is 11.2 Å². The van der Waals surface area contributed by atoms with E-state index >= 15 is 0 Å². The number of hydrogen-bond acceptors (Lipinski definition) is 4. The number of carbonyl (C=O) groups excluding carboxylic acids is 1. The van der Waals surface area contributed by atoms with Crippen molar-refractivity contribution in [1.29, 1.82) is 0 Å². The lowest BCUT2D eigenvalue weighted by Gasteiger charge is -2.13. The minimum Gasteiger partial charge on any atom is -0.490 e. The summed E-state index contributed by atoms with van der Waals surface area (Å²) in [5, 5.41) is 13.9. The Kier molecular flexibility index (Phi) is 4.55. The number of nitrogens with zero attached hydrogens (tertiary/aromatic N) is 1. The van der Waals surface area contributed by atoms with E-state index in [1.54, 1.807) is 12.1 Å². The number of rotatable bonds is 4. The SMILES string of the molecule is COc1ccc(CC2CCCCNC2=O)cc1[N+](=O)[O-]. The van der Waals surface area contributed by atoms with E-state index in [2.05, 4.69) is 5.32 Å². The highest BCUT2D eigenvalue weighted by molar-refractivity contribution is 5.79. The molecule has 1 unspecified atom stereocenters. The maximum absolute atomic E-state index is 11.9. The lowest BCUT2D eigenvalue weighted by atomic mass is 9.94. The third-order valence-electron chi connectivity index (χ3n) is 3.57. The minimum atomic E-state index is -0.463. The average Bonchev–Trinajstić information content (AvgIpc) is 2.64. The van der Waals surface area contributed by atoms with Crippen LogP contribution in [0.4, 0.5) is 5.69 Å². The van der Waals surface area contributed by atoms with Crippen molar-refractivity contribution in [2.75, 3.05) is 13.7 Å². The third kappa shape index (κ3) is 3.26. The molecular formula is C14H18N2O4. The van der Waals surface area contributed by atoms with Gasteiger partial charge in [-0.1, -0.05) is 12.5 Å². The monoisotopic (exact) mass is 278 g/mol. The Balaban J connectivity index is 2.18. The van der Waals surface area contributed by atoms with Crippen LogP contribution in [0, 0.1) is 16.0 Å². The van der Waals surface area contributed by atoms with Gasteiger partial charge in [-0.2, -0.15) is 0 Å². The Labute approximate surface area is 117 Å². The third-order valence-corrected chi connectivity index (χ3v) is 3.57. The molecule has 0 aliphatic carbocycles. The van der Waals surface area contributed by atoms with E-state index in [9.17, 15) is 14.9 Å². The normalized spacial score (nSPS) is 19.1. The fraction of sp³-hybridized carbons (Fsp3) is 0.500. The van der Waals surface area contributed by atoms with E-state index in [0.29, 0.717) is 6.42 Å². The van der Waals surface area contributed by atoms with Gasteiger partial charge >= 0.3 is 5.69 Å². The summed E-state index contributed by atoms with van der Waals surface area (Å²) in [6, 6.07) is 4.86. The van der Waals surface area contributed by atoms with Gasteiger partial charge in [0.2, 0.25) is 5.91 Å². The van der Waals surface area contributed by atoms with E-state index < -0.39 is 4.92 Å². The first-order valence-electron chi connectivity index (χ1n) is 6.71. The molecule has 20 heavy (non-hydrogen) atoms. The second-order valence-electron chi connectivity index (χ2n) is 4.95. The van der Waals surface area contributed by atoms with E-state index in [1.807, 2.05) is 0 Å². The van der Waals surface area contributed by atoms with Crippen LogP contribution in [0.5, 0.6) is 5.75 Å². The molecule has 1 fully saturated rings. The van der Waals surface area contributed by atoms with Crippen LogP contribution in [0.3, 0.4) is 0 Å². The molecule has 1 aliphatic heterocycles. The van der Waals surface area contributed by atoms with Crippen molar-refractivity contribution in [2.45, 2.75) is 25.7 Å². The van der Waals surface area contributed by atoms with Crippen LogP contribution in [-0.4, -0.2) is 24.5 Å². The van der Waals surface area contributed by atoms with E-state index in [-0.39, 0.29) is 23.3 Å². The van der Waals surface area contributed by atoms with Crippen molar-refractivity contribution < 1.29 is 14.5 Å². The van der Waals surface area contributed by atoms with Gasteiger partial charge in [-0.3, -0.25) is 14.9 Å². The Morgan fingerprint density at radius 1 is 1.45 bits per heavy atom. The molecule has 1 amide bonds. The highest BCUT2D eigenvalue weighted by Crippen LogP contribution is 2.29. The minimum absolute atomic E-state index is 0.0426. The number of methoxy groups -OCH3 is 1. The van der Waals surface area contributed by atoms with E-state index in [1.165, 1.54) is 13.2 Å². The van der Waals surface area contributed by atoms with Gasteiger partial charge in [-0.15, -0.1) is 0 Å². The molecule has 1 N–H and O–H groups in total. The van der Waals surface area contributed by atoms with Crippen LogP contribution in [0.2, 0.25) is 0 Å². The van der Waals surface area contributed by atoms with Gasteiger partial charge in [-0.25, -0.2) is 0 Å².